The predicted octanol–water partition coefficient (Wildman–Crippen LogP) is 3.27. The Bertz CT molecular complexity index is 606. The Morgan fingerprint density at radius 1 is 1.10 bits per heavy atom. The normalized spacial score (nSPS) is 10.2. The summed E-state index contributed by atoms with van der Waals surface area (Å²) in [5.41, 5.74) is 5.03. The van der Waals surface area contributed by atoms with Crippen LogP contribution in [0.25, 0.3) is 0 Å². The minimum absolute atomic E-state index is 0.0581. The zero-order valence-corrected chi connectivity index (χ0v) is 12.0. The summed E-state index contributed by atoms with van der Waals surface area (Å²) in [6.45, 7) is 6.21. The van der Waals surface area contributed by atoms with E-state index >= 15 is 0 Å². The molecule has 2 rings (SSSR count). The third-order valence-electron chi connectivity index (χ3n) is 2.98. The van der Waals surface area contributed by atoms with Gasteiger partial charge in [0.1, 0.15) is 0 Å². The number of carbonyl (C=O) groups is 1. The summed E-state index contributed by atoms with van der Waals surface area (Å²) >= 11 is 0. The molecule has 0 saturated carbocycles. The summed E-state index contributed by atoms with van der Waals surface area (Å²) < 4.78 is 0. The molecule has 20 heavy (non-hydrogen) atoms. The molecule has 0 fully saturated rings. The fourth-order valence-corrected chi connectivity index (χ4v) is 1.98. The number of amides is 1. The van der Waals surface area contributed by atoms with Gasteiger partial charge in [-0.3, -0.25) is 9.78 Å². The molecular formula is C16H19N3O. The van der Waals surface area contributed by atoms with E-state index in [1.165, 1.54) is 6.92 Å². The van der Waals surface area contributed by atoms with Gasteiger partial charge in [0, 0.05) is 24.8 Å². The third-order valence-corrected chi connectivity index (χ3v) is 2.98. The average molecular weight is 269 g/mol. The maximum Gasteiger partial charge on any atom is 0.221 e. The van der Waals surface area contributed by atoms with Gasteiger partial charge in [-0.2, -0.15) is 0 Å². The lowest BCUT2D eigenvalue weighted by atomic mass is 10.2. The molecule has 0 aliphatic heterocycles. The first kappa shape index (κ1) is 14.1. The minimum atomic E-state index is -0.0581. The lowest BCUT2D eigenvalue weighted by molar-refractivity contribution is -0.114. The topological polar surface area (TPSA) is 54.0 Å². The first-order valence-corrected chi connectivity index (χ1v) is 6.59. The van der Waals surface area contributed by atoms with Gasteiger partial charge in [0.2, 0.25) is 5.91 Å². The molecule has 0 radical (unpaired) electrons. The van der Waals surface area contributed by atoms with E-state index in [9.17, 15) is 4.79 Å². The zero-order valence-electron chi connectivity index (χ0n) is 12.0. The molecule has 0 aliphatic rings. The second-order valence-electron chi connectivity index (χ2n) is 4.82. The van der Waals surface area contributed by atoms with E-state index in [1.54, 1.807) is 0 Å². The van der Waals surface area contributed by atoms with Crippen LogP contribution in [-0.4, -0.2) is 10.9 Å². The number of aromatic nitrogens is 1. The van der Waals surface area contributed by atoms with Crippen molar-refractivity contribution in [2.45, 2.75) is 27.3 Å². The SMILES string of the molecule is CC(=O)Nc1ccc(CNc2ccc(C)nc2C)cc1. The Kier molecular flexibility index (Phi) is 4.35. The van der Waals surface area contributed by atoms with Crippen molar-refractivity contribution in [1.29, 1.82) is 0 Å². The first-order valence-electron chi connectivity index (χ1n) is 6.59. The minimum Gasteiger partial charge on any atom is -0.380 e. The van der Waals surface area contributed by atoms with Gasteiger partial charge in [0.15, 0.2) is 0 Å². The van der Waals surface area contributed by atoms with E-state index in [2.05, 4.69) is 15.6 Å². The fraction of sp³-hybridized carbons (Fsp3) is 0.250. The molecule has 0 aliphatic carbocycles. The van der Waals surface area contributed by atoms with Gasteiger partial charge in [-0.15, -0.1) is 0 Å². The maximum absolute atomic E-state index is 10.9. The van der Waals surface area contributed by atoms with Crippen LogP contribution in [0.2, 0.25) is 0 Å². The molecule has 0 atom stereocenters. The number of pyridine rings is 1. The number of benzene rings is 1. The molecule has 1 heterocycles. The van der Waals surface area contributed by atoms with Gasteiger partial charge in [-0.05, 0) is 43.7 Å². The maximum atomic E-state index is 10.9. The second-order valence-corrected chi connectivity index (χ2v) is 4.82. The number of hydrogen-bond donors (Lipinski definition) is 2. The highest BCUT2D eigenvalue weighted by atomic mass is 16.1. The smallest absolute Gasteiger partial charge is 0.221 e. The molecule has 0 unspecified atom stereocenters. The number of nitrogens with zero attached hydrogens (tertiary/aromatic N) is 1. The van der Waals surface area contributed by atoms with E-state index in [1.807, 2.05) is 50.2 Å². The molecule has 0 bridgehead atoms. The van der Waals surface area contributed by atoms with Gasteiger partial charge in [0.25, 0.3) is 0 Å². The van der Waals surface area contributed by atoms with Gasteiger partial charge in [-0.25, -0.2) is 0 Å². The summed E-state index contributed by atoms with van der Waals surface area (Å²) in [6.07, 6.45) is 0. The zero-order chi connectivity index (χ0) is 14.5. The number of nitrogens with one attached hydrogen (secondary N) is 2. The van der Waals surface area contributed by atoms with Crippen LogP contribution in [-0.2, 0) is 11.3 Å². The molecular weight excluding hydrogens is 250 g/mol. The molecule has 0 saturated heterocycles. The largest absolute Gasteiger partial charge is 0.380 e. The second kappa shape index (κ2) is 6.19. The highest BCUT2D eigenvalue weighted by Gasteiger charge is 2.00. The van der Waals surface area contributed by atoms with E-state index < -0.39 is 0 Å². The number of aryl methyl sites for hydroxylation is 2. The van der Waals surface area contributed by atoms with Crippen LogP contribution in [0.5, 0.6) is 0 Å². The van der Waals surface area contributed by atoms with Crippen LogP contribution in [0.4, 0.5) is 11.4 Å². The quantitative estimate of drug-likeness (QED) is 0.895. The number of rotatable bonds is 4. The van der Waals surface area contributed by atoms with Crippen LogP contribution >= 0.6 is 0 Å². The standard InChI is InChI=1S/C16H19N3O/c1-11-4-9-16(12(2)18-11)17-10-14-5-7-15(8-6-14)19-13(3)20/h4-9,17H,10H2,1-3H3,(H,19,20). The number of anilines is 2. The van der Waals surface area contributed by atoms with Crippen molar-refractivity contribution in [3.63, 3.8) is 0 Å². The van der Waals surface area contributed by atoms with E-state index in [0.717, 1.165) is 34.9 Å². The van der Waals surface area contributed by atoms with E-state index in [-0.39, 0.29) is 5.91 Å². The van der Waals surface area contributed by atoms with Crippen LogP contribution in [0.1, 0.15) is 23.9 Å². The van der Waals surface area contributed by atoms with Crippen LogP contribution < -0.4 is 10.6 Å². The highest BCUT2D eigenvalue weighted by molar-refractivity contribution is 5.88. The molecule has 2 N–H and O–H groups in total. The van der Waals surface area contributed by atoms with Crippen molar-refractivity contribution in [2.75, 3.05) is 10.6 Å². The van der Waals surface area contributed by atoms with Crippen LogP contribution in [0.15, 0.2) is 36.4 Å². The van der Waals surface area contributed by atoms with Gasteiger partial charge in [0.05, 0.1) is 11.4 Å². The molecule has 1 aromatic heterocycles. The monoisotopic (exact) mass is 269 g/mol. The predicted molar refractivity (Wildman–Crippen MR) is 81.8 cm³/mol. The van der Waals surface area contributed by atoms with Gasteiger partial charge in [-0.1, -0.05) is 12.1 Å². The summed E-state index contributed by atoms with van der Waals surface area (Å²) in [4.78, 5) is 15.4. The molecule has 4 nitrogen and oxygen atoms in total. The Hall–Kier alpha value is -2.36. The molecule has 1 aromatic carbocycles. The van der Waals surface area contributed by atoms with Crippen molar-refractivity contribution in [1.82, 2.24) is 4.98 Å². The van der Waals surface area contributed by atoms with Crippen molar-refractivity contribution >= 4 is 17.3 Å². The molecule has 104 valence electrons. The van der Waals surface area contributed by atoms with Crippen molar-refractivity contribution in [2.24, 2.45) is 0 Å². The molecule has 1 amide bonds. The summed E-state index contributed by atoms with van der Waals surface area (Å²) in [5.74, 6) is -0.0581. The Balaban J connectivity index is 1.98. The Morgan fingerprint density at radius 2 is 1.80 bits per heavy atom. The molecule has 2 aromatic rings. The lowest BCUT2D eigenvalue weighted by Crippen LogP contribution is -2.06. The van der Waals surface area contributed by atoms with Crippen molar-refractivity contribution in [3.8, 4) is 0 Å². The number of carbonyl (C=O) groups excluding carboxylic acids is 1. The summed E-state index contributed by atoms with van der Waals surface area (Å²) in [5, 5.41) is 6.12. The van der Waals surface area contributed by atoms with Gasteiger partial charge < -0.3 is 10.6 Å². The summed E-state index contributed by atoms with van der Waals surface area (Å²) in [6, 6.07) is 11.8. The van der Waals surface area contributed by atoms with E-state index in [4.69, 9.17) is 0 Å². The van der Waals surface area contributed by atoms with Crippen LogP contribution in [0.3, 0.4) is 0 Å². The highest BCUT2D eigenvalue weighted by Crippen LogP contribution is 2.15. The molecule has 4 heteroatoms. The Labute approximate surface area is 119 Å². The van der Waals surface area contributed by atoms with Crippen LogP contribution in [0, 0.1) is 13.8 Å². The van der Waals surface area contributed by atoms with Crippen molar-refractivity contribution < 1.29 is 4.79 Å². The first-order chi connectivity index (χ1) is 9.54. The Morgan fingerprint density at radius 3 is 2.40 bits per heavy atom. The third kappa shape index (κ3) is 3.82. The summed E-state index contributed by atoms with van der Waals surface area (Å²) in [7, 11) is 0. The lowest BCUT2D eigenvalue weighted by Gasteiger charge is -2.10. The molecule has 0 spiro atoms. The van der Waals surface area contributed by atoms with Crippen molar-refractivity contribution in [3.05, 3.63) is 53.3 Å². The van der Waals surface area contributed by atoms with E-state index in [0.29, 0.717) is 0 Å². The fourth-order valence-electron chi connectivity index (χ4n) is 1.98. The average Bonchev–Trinajstić information content (AvgIpc) is 2.39. The number of hydrogen-bond acceptors (Lipinski definition) is 3. The van der Waals surface area contributed by atoms with Gasteiger partial charge >= 0.3 is 0 Å².